The van der Waals surface area contributed by atoms with E-state index in [4.69, 9.17) is 4.74 Å². The van der Waals surface area contributed by atoms with Crippen LogP contribution in [0.2, 0.25) is 0 Å². The van der Waals surface area contributed by atoms with Gasteiger partial charge < -0.3 is 10.1 Å². The number of hydrogen-bond donors (Lipinski definition) is 2. The Morgan fingerprint density at radius 1 is 1.41 bits per heavy atom. The van der Waals surface area contributed by atoms with E-state index in [0.717, 1.165) is 11.3 Å². The number of H-pyrrole nitrogens is 1. The number of nitrogens with one attached hydrogen (secondary N) is 2. The van der Waals surface area contributed by atoms with Gasteiger partial charge in [-0.3, -0.25) is 9.89 Å². The van der Waals surface area contributed by atoms with Gasteiger partial charge in [0.15, 0.2) is 0 Å². The van der Waals surface area contributed by atoms with Crippen LogP contribution < -0.4 is 10.1 Å². The van der Waals surface area contributed by atoms with Crippen LogP contribution in [0.1, 0.15) is 6.92 Å². The number of carbonyl (C=O) groups is 1. The van der Waals surface area contributed by atoms with E-state index < -0.39 is 0 Å². The lowest BCUT2D eigenvalue weighted by atomic mass is 10.1. The van der Waals surface area contributed by atoms with Crippen molar-refractivity contribution in [2.24, 2.45) is 0 Å². The first-order valence-electron chi connectivity index (χ1n) is 5.16. The molecule has 0 aliphatic carbocycles. The fourth-order valence-electron chi connectivity index (χ4n) is 1.57. The third-order valence-electron chi connectivity index (χ3n) is 2.32. The molecule has 0 aliphatic rings. The minimum absolute atomic E-state index is 0.127. The van der Waals surface area contributed by atoms with E-state index in [1.54, 1.807) is 19.4 Å². The third-order valence-corrected chi connectivity index (χ3v) is 2.32. The molecule has 17 heavy (non-hydrogen) atoms. The van der Waals surface area contributed by atoms with E-state index >= 15 is 0 Å². The summed E-state index contributed by atoms with van der Waals surface area (Å²) >= 11 is 0. The largest absolute Gasteiger partial charge is 0.495 e. The standard InChI is InChI=1S/C12H13N3O2/c1-8(16)14-11-4-3-9(7-12(11)17-2)10-5-6-13-15-10/h3-7H,1-2H3,(H,13,15)(H,14,16). The minimum atomic E-state index is -0.127. The van der Waals surface area contributed by atoms with E-state index in [-0.39, 0.29) is 5.91 Å². The molecule has 0 saturated carbocycles. The summed E-state index contributed by atoms with van der Waals surface area (Å²) in [6, 6.07) is 7.41. The second kappa shape index (κ2) is 4.69. The van der Waals surface area contributed by atoms with Gasteiger partial charge in [0, 0.05) is 18.7 Å². The Morgan fingerprint density at radius 3 is 2.82 bits per heavy atom. The molecule has 0 unspecified atom stereocenters. The number of anilines is 1. The maximum atomic E-state index is 11.0. The molecule has 2 N–H and O–H groups in total. The van der Waals surface area contributed by atoms with Crippen molar-refractivity contribution >= 4 is 11.6 Å². The van der Waals surface area contributed by atoms with Crippen molar-refractivity contribution in [3.8, 4) is 17.0 Å². The minimum Gasteiger partial charge on any atom is -0.495 e. The van der Waals surface area contributed by atoms with Crippen molar-refractivity contribution in [1.82, 2.24) is 10.2 Å². The maximum Gasteiger partial charge on any atom is 0.221 e. The first-order chi connectivity index (χ1) is 8.20. The summed E-state index contributed by atoms with van der Waals surface area (Å²) in [7, 11) is 1.57. The molecular weight excluding hydrogens is 218 g/mol. The van der Waals surface area contributed by atoms with Crippen molar-refractivity contribution in [2.75, 3.05) is 12.4 Å². The Hall–Kier alpha value is -2.30. The second-order valence-corrected chi connectivity index (χ2v) is 3.57. The summed E-state index contributed by atoms with van der Waals surface area (Å²) in [6.45, 7) is 1.46. The molecular formula is C12H13N3O2. The van der Waals surface area contributed by atoms with Crippen LogP contribution in [-0.4, -0.2) is 23.2 Å². The molecule has 1 aromatic carbocycles. The lowest BCUT2D eigenvalue weighted by Gasteiger charge is -2.10. The van der Waals surface area contributed by atoms with Crippen LogP contribution in [-0.2, 0) is 4.79 Å². The fourth-order valence-corrected chi connectivity index (χ4v) is 1.57. The lowest BCUT2D eigenvalue weighted by molar-refractivity contribution is -0.114. The summed E-state index contributed by atoms with van der Waals surface area (Å²) in [5.74, 6) is 0.491. The average molecular weight is 231 g/mol. The topological polar surface area (TPSA) is 67.0 Å². The van der Waals surface area contributed by atoms with Crippen molar-refractivity contribution in [2.45, 2.75) is 6.92 Å². The molecule has 5 heteroatoms. The van der Waals surface area contributed by atoms with Gasteiger partial charge in [0.1, 0.15) is 5.75 Å². The molecule has 5 nitrogen and oxygen atoms in total. The molecule has 0 spiro atoms. The quantitative estimate of drug-likeness (QED) is 0.849. The Kier molecular flexibility index (Phi) is 3.09. The van der Waals surface area contributed by atoms with Gasteiger partial charge in [-0.25, -0.2) is 0 Å². The highest BCUT2D eigenvalue weighted by molar-refractivity contribution is 5.91. The highest BCUT2D eigenvalue weighted by Gasteiger charge is 2.07. The van der Waals surface area contributed by atoms with E-state index in [1.165, 1.54) is 6.92 Å². The highest BCUT2D eigenvalue weighted by atomic mass is 16.5. The zero-order chi connectivity index (χ0) is 12.3. The van der Waals surface area contributed by atoms with Crippen LogP contribution in [0.15, 0.2) is 30.5 Å². The van der Waals surface area contributed by atoms with Crippen molar-refractivity contribution in [3.05, 3.63) is 30.5 Å². The van der Waals surface area contributed by atoms with Gasteiger partial charge in [-0.05, 0) is 18.2 Å². The molecule has 1 aromatic heterocycles. The van der Waals surface area contributed by atoms with E-state index in [0.29, 0.717) is 11.4 Å². The van der Waals surface area contributed by atoms with Gasteiger partial charge in [0.25, 0.3) is 0 Å². The number of aromatic nitrogens is 2. The SMILES string of the molecule is COc1cc(-c2ccn[nH]2)ccc1NC(C)=O. The van der Waals surface area contributed by atoms with Crippen LogP contribution in [0.4, 0.5) is 5.69 Å². The van der Waals surface area contributed by atoms with Crippen LogP contribution in [0, 0.1) is 0 Å². The van der Waals surface area contributed by atoms with Crippen molar-refractivity contribution in [1.29, 1.82) is 0 Å². The van der Waals surface area contributed by atoms with Gasteiger partial charge >= 0.3 is 0 Å². The first-order valence-corrected chi connectivity index (χ1v) is 5.16. The normalized spacial score (nSPS) is 10.0. The third kappa shape index (κ3) is 2.44. The van der Waals surface area contributed by atoms with Gasteiger partial charge in [0.2, 0.25) is 5.91 Å². The van der Waals surface area contributed by atoms with Crippen molar-refractivity contribution in [3.63, 3.8) is 0 Å². The summed E-state index contributed by atoms with van der Waals surface area (Å²) in [6.07, 6.45) is 1.68. The highest BCUT2D eigenvalue weighted by Crippen LogP contribution is 2.29. The smallest absolute Gasteiger partial charge is 0.221 e. The van der Waals surface area contributed by atoms with Crippen LogP contribution in [0.25, 0.3) is 11.3 Å². The Labute approximate surface area is 98.8 Å². The number of aromatic amines is 1. The molecule has 0 atom stereocenters. The zero-order valence-electron chi connectivity index (χ0n) is 9.65. The van der Waals surface area contributed by atoms with E-state index in [9.17, 15) is 4.79 Å². The molecule has 1 heterocycles. The summed E-state index contributed by atoms with van der Waals surface area (Å²) in [5.41, 5.74) is 2.51. The van der Waals surface area contributed by atoms with Gasteiger partial charge in [-0.2, -0.15) is 5.10 Å². The average Bonchev–Trinajstić information content (AvgIpc) is 2.82. The zero-order valence-corrected chi connectivity index (χ0v) is 9.65. The van der Waals surface area contributed by atoms with E-state index in [1.807, 2.05) is 18.2 Å². The molecule has 0 fully saturated rings. The molecule has 0 bridgehead atoms. The summed E-state index contributed by atoms with van der Waals surface area (Å²) in [5, 5.41) is 9.47. The van der Waals surface area contributed by atoms with Crippen LogP contribution in [0.5, 0.6) is 5.75 Å². The maximum absolute atomic E-state index is 11.0. The molecule has 0 radical (unpaired) electrons. The predicted octanol–water partition coefficient (Wildman–Crippen LogP) is 2.04. The predicted molar refractivity (Wildman–Crippen MR) is 64.9 cm³/mol. The molecule has 1 amide bonds. The van der Waals surface area contributed by atoms with Crippen molar-refractivity contribution < 1.29 is 9.53 Å². The lowest BCUT2D eigenvalue weighted by Crippen LogP contribution is -2.07. The number of ether oxygens (including phenoxy) is 1. The first kappa shape index (κ1) is 11.2. The molecule has 2 rings (SSSR count). The molecule has 2 aromatic rings. The number of benzene rings is 1. The number of methoxy groups -OCH3 is 1. The number of nitrogens with zero attached hydrogens (tertiary/aromatic N) is 1. The Bertz CT molecular complexity index is 521. The number of amides is 1. The Morgan fingerprint density at radius 2 is 2.24 bits per heavy atom. The number of hydrogen-bond acceptors (Lipinski definition) is 3. The van der Waals surface area contributed by atoms with Gasteiger partial charge in [-0.15, -0.1) is 0 Å². The summed E-state index contributed by atoms with van der Waals surface area (Å²) < 4.78 is 5.24. The van der Waals surface area contributed by atoms with Gasteiger partial charge in [-0.1, -0.05) is 6.07 Å². The van der Waals surface area contributed by atoms with Gasteiger partial charge in [0.05, 0.1) is 18.5 Å². The van der Waals surface area contributed by atoms with Crippen LogP contribution in [0.3, 0.4) is 0 Å². The fraction of sp³-hybridized carbons (Fsp3) is 0.167. The molecule has 0 aliphatic heterocycles. The molecule has 0 saturated heterocycles. The Balaban J connectivity index is 2.37. The monoisotopic (exact) mass is 231 g/mol. The van der Waals surface area contributed by atoms with E-state index in [2.05, 4.69) is 15.5 Å². The second-order valence-electron chi connectivity index (χ2n) is 3.57. The van der Waals surface area contributed by atoms with Crippen LogP contribution >= 0.6 is 0 Å². The molecule has 88 valence electrons. The summed E-state index contributed by atoms with van der Waals surface area (Å²) in [4.78, 5) is 11.0. The number of carbonyl (C=O) groups excluding carboxylic acids is 1. The number of rotatable bonds is 3.